The lowest BCUT2D eigenvalue weighted by Gasteiger charge is -2.32. The number of likely N-dealkylation sites (N-methyl/N-ethyl adjacent to an activating group) is 1. The third-order valence-electron chi connectivity index (χ3n) is 3.15. The van der Waals surface area contributed by atoms with Crippen LogP contribution < -0.4 is 5.32 Å². The van der Waals surface area contributed by atoms with Gasteiger partial charge in [-0.2, -0.15) is 0 Å². The highest BCUT2D eigenvalue weighted by Gasteiger charge is 2.21. The van der Waals surface area contributed by atoms with Crippen LogP contribution in [0.25, 0.3) is 0 Å². The van der Waals surface area contributed by atoms with Crippen molar-refractivity contribution in [2.45, 2.75) is 31.9 Å². The van der Waals surface area contributed by atoms with E-state index in [4.69, 9.17) is 0 Å². The standard InChI is InChI=1S/C12H25N3O2/c1-10(16)8-13-11-4-6-15(7-5-11)9-12(17)14(2)3/h10-11,13,16H,4-9H2,1-3H3/t10-/m0/s1. The second-order valence-electron chi connectivity index (χ2n) is 5.10. The molecule has 1 amide bonds. The number of rotatable bonds is 5. The van der Waals surface area contributed by atoms with Crippen molar-refractivity contribution in [2.24, 2.45) is 0 Å². The minimum Gasteiger partial charge on any atom is -0.392 e. The fraction of sp³-hybridized carbons (Fsp3) is 0.917. The number of hydrogen-bond acceptors (Lipinski definition) is 4. The van der Waals surface area contributed by atoms with Gasteiger partial charge >= 0.3 is 0 Å². The molecule has 17 heavy (non-hydrogen) atoms. The number of likely N-dealkylation sites (tertiary alicyclic amines) is 1. The first kappa shape index (κ1) is 14.4. The lowest BCUT2D eigenvalue weighted by molar-refractivity contribution is -0.130. The van der Waals surface area contributed by atoms with Crippen LogP contribution in [0.3, 0.4) is 0 Å². The average molecular weight is 243 g/mol. The molecule has 0 aromatic carbocycles. The number of carbonyl (C=O) groups is 1. The van der Waals surface area contributed by atoms with E-state index in [0.29, 0.717) is 19.1 Å². The zero-order valence-corrected chi connectivity index (χ0v) is 11.1. The van der Waals surface area contributed by atoms with E-state index in [1.807, 2.05) is 0 Å². The van der Waals surface area contributed by atoms with E-state index in [2.05, 4.69) is 10.2 Å². The van der Waals surface area contributed by atoms with E-state index in [-0.39, 0.29) is 12.0 Å². The van der Waals surface area contributed by atoms with Crippen LogP contribution in [0.1, 0.15) is 19.8 Å². The third kappa shape index (κ3) is 5.48. The van der Waals surface area contributed by atoms with Crippen molar-refractivity contribution in [3.8, 4) is 0 Å². The van der Waals surface area contributed by atoms with Gasteiger partial charge in [-0.25, -0.2) is 0 Å². The Morgan fingerprint density at radius 1 is 1.47 bits per heavy atom. The molecule has 0 bridgehead atoms. The van der Waals surface area contributed by atoms with Crippen molar-refractivity contribution in [1.82, 2.24) is 15.1 Å². The quantitative estimate of drug-likeness (QED) is 0.684. The summed E-state index contributed by atoms with van der Waals surface area (Å²) < 4.78 is 0. The number of amides is 1. The highest BCUT2D eigenvalue weighted by Crippen LogP contribution is 2.10. The first-order valence-corrected chi connectivity index (χ1v) is 6.33. The van der Waals surface area contributed by atoms with Crippen molar-refractivity contribution >= 4 is 5.91 Å². The van der Waals surface area contributed by atoms with Gasteiger partial charge in [0.05, 0.1) is 12.6 Å². The molecule has 1 aliphatic heterocycles. The maximum Gasteiger partial charge on any atom is 0.236 e. The van der Waals surface area contributed by atoms with Crippen LogP contribution in [0.15, 0.2) is 0 Å². The molecular formula is C12H25N3O2. The van der Waals surface area contributed by atoms with Gasteiger partial charge in [0.15, 0.2) is 0 Å². The molecule has 1 atom stereocenters. The normalized spacial score (nSPS) is 20.2. The summed E-state index contributed by atoms with van der Waals surface area (Å²) in [6.07, 6.45) is 1.81. The molecule has 0 aromatic rings. The molecule has 100 valence electrons. The van der Waals surface area contributed by atoms with Gasteiger partial charge in [-0.05, 0) is 19.8 Å². The van der Waals surface area contributed by atoms with Crippen LogP contribution in [0.5, 0.6) is 0 Å². The van der Waals surface area contributed by atoms with Gasteiger partial charge in [0.2, 0.25) is 5.91 Å². The summed E-state index contributed by atoms with van der Waals surface area (Å²) in [5, 5.41) is 12.5. The fourth-order valence-electron chi connectivity index (χ4n) is 1.97. The van der Waals surface area contributed by atoms with Gasteiger partial charge in [-0.15, -0.1) is 0 Å². The minimum absolute atomic E-state index is 0.167. The molecular weight excluding hydrogens is 218 g/mol. The molecule has 0 saturated carbocycles. The molecule has 0 unspecified atom stereocenters. The molecule has 1 aliphatic rings. The number of hydrogen-bond donors (Lipinski definition) is 2. The SMILES string of the molecule is C[C@H](O)CNC1CCN(CC(=O)N(C)C)CC1. The molecule has 0 radical (unpaired) electrons. The van der Waals surface area contributed by atoms with Crippen LogP contribution in [-0.2, 0) is 4.79 Å². The predicted molar refractivity (Wildman–Crippen MR) is 67.8 cm³/mol. The molecule has 0 spiro atoms. The van der Waals surface area contributed by atoms with E-state index < -0.39 is 0 Å². The van der Waals surface area contributed by atoms with Gasteiger partial charge in [-0.1, -0.05) is 0 Å². The Bertz CT molecular complexity index is 236. The van der Waals surface area contributed by atoms with E-state index in [1.165, 1.54) is 0 Å². The van der Waals surface area contributed by atoms with E-state index >= 15 is 0 Å². The Morgan fingerprint density at radius 3 is 2.53 bits per heavy atom. The molecule has 5 nitrogen and oxygen atoms in total. The minimum atomic E-state index is -0.289. The van der Waals surface area contributed by atoms with Crippen molar-refractivity contribution < 1.29 is 9.90 Å². The zero-order chi connectivity index (χ0) is 12.8. The van der Waals surface area contributed by atoms with Gasteiger partial charge < -0.3 is 15.3 Å². The molecule has 1 heterocycles. The van der Waals surface area contributed by atoms with Crippen molar-refractivity contribution in [1.29, 1.82) is 0 Å². The van der Waals surface area contributed by atoms with Gasteiger partial charge in [0.1, 0.15) is 0 Å². The number of aliphatic hydroxyl groups is 1. The van der Waals surface area contributed by atoms with Crippen LogP contribution in [0, 0.1) is 0 Å². The molecule has 2 N–H and O–H groups in total. The summed E-state index contributed by atoms with van der Waals surface area (Å²) in [6, 6.07) is 0.482. The van der Waals surface area contributed by atoms with Crippen molar-refractivity contribution in [3.63, 3.8) is 0 Å². The van der Waals surface area contributed by atoms with Crippen molar-refractivity contribution in [2.75, 3.05) is 40.3 Å². The first-order valence-electron chi connectivity index (χ1n) is 6.33. The van der Waals surface area contributed by atoms with Gasteiger partial charge in [0.25, 0.3) is 0 Å². The summed E-state index contributed by atoms with van der Waals surface area (Å²) in [5.41, 5.74) is 0. The monoisotopic (exact) mass is 243 g/mol. The molecule has 1 rings (SSSR count). The number of nitrogens with zero attached hydrogens (tertiary/aromatic N) is 2. The smallest absolute Gasteiger partial charge is 0.236 e. The lowest BCUT2D eigenvalue weighted by atomic mass is 10.0. The largest absolute Gasteiger partial charge is 0.392 e. The summed E-state index contributed by atoms with van der Waals surface area (Å²) in [5.74, 6) is 0.167. The van der Waals surface area contributed by atoms with E-state index in [1.54, 1.807) is 25.9 Å². The zero-order valence-electron chi connectivity index (χ0n) is 11.1. The fourth-order valence-corrected chi connectivity index (χ4v) is 1.97. The Labute approximate surface area is 104 Å². The third-order valence-corrected chi connectivity index (χ3v) is 3.15. The van der Waals surface area contributed by atoms with Crippen molar-refractivity contribution in [3.05, 3.63) is 0 Å². The average Bonchev–Trinajstić information content (AvgIpc) is 2.28. The highest BCUT2D eigenvalue weighted by atomic mass is 16.3. The Balaban J connectivity index is 2.19. The number of piperidine rings is 1. The number of aliphatic hydroxyl groups excluding tert-OH is 1. The van der Waals surface area contributed by atoms with Crippen LogP contribution in [0.4, 0.5) is 0 Å². The van der Waals surface area contributed by atoms with E-state index in [9.17, 15) is 9.90 Å². The Hall–Kier alpha value is -0.650. The molecule has 5 heteroatoms. The van der Waals surface area contributed by atoms with Crippen LogP contribution in [0.2, 0.25) is 0 Å². The summed E-state index contributed by atoms with van der Waals surface area (Å²) in [4.78, 5) is 15.4. The van der Waals surface area contributed by atoms with Crippen LogP contribution >= 0.6 is 0 Å². The highest BCUT2D eigenvalue weighted by molar-refractivity contribution is 5.77. The first-order chi connectivity index (χ1) is 7.99. The second-order valence-corrected chi connectivity index (χ2v) is 5.10. The maximum absolute atomic E-state index is 11.5. The summed E-state index contributed by atoms with van der Waals surface area (Å²) in [6.45, 7) is 4.88. The number of nitrogens with one attached hydrogen (secondary N) is 1. The Morgan fingerprint density at radius 2 is 2.06 bits per heavy atom. The molecule has 0 aliphatic carbocycles. The molecule has 1 saturated heterocycles. The van der Waals surface area contributed by atoms with Gasteiger partial charge in [-0.3, -0.25) is 9.69 Å². The maximum atomic E-state index is 11.5. The van der Waals surface area contributed by atoms with Crippen LogP contribution in [-0.4, -0.2) is 73.2 Å². The summed E-state index contributed by atoms with van der Waals surface area (Å²) in [7, 11) is 3.58. The van der Waals surface area contributed by atoms with E-state index in [0.717, 1.165) is 25.9 Å². The topological polar surface area (TPSA) is 55.8 Å². The predicted octanol–water partition coefficient (Wildman–Crippen LogP) is -0.491. The summed E-state index contributed by atoms with van der Waals surface area (Å²) >= 11 is 0. The van der Waals surface area contributed by atoms with Gasteiger partial charge in [0, 0.05) is 39.8 Å². The molecule has 0 aromatic heterocycles. The second kappa shape index (κ2) is 6.93. The number of carbonyl (C=O) groups excluding carboxylic acids is 1. The Kier molecular flexibility index (Phi) is 5.88. The molecule has 1 fully saturated rings. The lowest BCUT2D eigenvalue weighted by Crippen LogP contribution is -2.46.